The first-order valence-corrected chi connectivity index (χ1v) is 7.51. The number of hydrogen-bond acceptors (Lipinski definition) is 4. The molecule has 1 atom stereocenters. The summed E-state index contributed by atoms with van der Waals surface area (Å²) in [6.07, 6.45) is 3.14. The van der Waals surface area contributed by atoms with Crippen molar-refractivity contribution in [3.8, 4) is 0 Å². The predicted octanol–water partition coefficient (Wildman–Crippen LogP) is 2.98. The number of esters is 1. The second kappa shape index (κ2) is 5.37. The fourth-order valence-electron chi connectivity index (χ4n) is 3.01. The number of aromatic nitrogens is 1. The van der Waals surface area contributed by atoms with E-state index < -0.39 is 5.60 Å². The van der Waals surface area contributed by atoms with E-state index in [0.29, 0.717) is 17.8 Å². The molecule has 2 N–H and O–H groups in total. The molecular weight excluding hydrogens is 268 g/mol. The Morgan fingerprint density at radius 1 is 1.48 bits per heavy atom. The van der Waals surface area contributed by atoms with Crippen LogP contribution in [-0.2, 0) is 16.0 Å². The van der Waals surface area contributed by atoms with Crippen molar-refractivity contribution < 1.29 is 14.3 Å². The van der Waals surface area contributed by atoms with Gasteiger partial charge in [0, 0.05) is 19.2 Å². The lowest BCUT2D eigenvalue weighted by atomic mass is 9.97. The maximum Gasteiger partial charge on any atom is 0.355 e. The van der Waals surface area contributed by atoms with E-state index in [4.69, 9.17) is 15.2 Å². The molecule has 1 aromatic rings. The van der Waals surface area contributed by atoms with Crippen LogP contribution in [0, 0.1) is 0 Å². The van der Waals surface area contributed by atoms with E-state index in [2.05, 4.69) is 6.92 Å². The highest BCUT2D eigenvalue weighted by Crippen LogP contribution is 2.39. The Morgan fingerprint density at radius 3 is 2.67 bits per heavy atom. The fraction of sp³-hybridized carbons (Fsp3) is 0.688. The Kier molecular flexibility index (Phi) is 4.06. The summed E-state index contributed by atoms with van der Waals surface area (Å²) in [6.45, 7) is 10.7. The summed E-state index contributed by atoms with van der Waals surface area (Å²) in [5.41, 5.74) is 6.13. The van der Waals surface area contributed by atoms with Gasteiger partial charge < -0.3 is 19.8 Å². The van der Waals surface area contributed by atoms with Gasteiger partial charge in [-0.05, 0) is 40.2 Å². The summed E-state index contributed by atoms with van der Waals surface area (Å²) in [6, 6.07) is 1.67. The van der Waals surface area contributed by atoms with Crippen LogP contribution in [0.3, 0.4) is 0 Å². The van der Waals surface area contributed by atoms with Gasteiger partial charge >= 0.3 is 5.97 Å². The molecule has 0 aliphatic carbocycles. The zero-order valence-corrected chi connectivity index (χ0v) is 13.6. The summed E-state index contributed by atoms with van der Waals surface area (Å²) in [5, 5.41) is 0. The van der Waals surface area contributed by atoms with Gasteiger partial charge in [0.1, 0.15) is 17.4 Å². The lowest BCUT2D eigenvalue weighted by Crippen LogP contribution is -2.36. The molecule has 1 aliphatic heterocycles. The van der Waals surface area contributed by atoms with Gasteiger partial charge in [-0.3, -0.25) is 0 Å². The van der Waals surface area contributed by atoms with E-state index in [0.717, 1.165) is 13.0 Å². The number of anilines is 1. The largest absolute Gasteiger partial charge is 0.455 e. The average Bonchev–Trinajstić information content (AvgIpc) is 2.77. The molecule has 21 heavy (non-hydrogen) atoms. The molecule has 0 spiro atoms. The minimum Gasteiger partial charge on any atom is -0.455 e. The molecule has 1 unspecified atom stereocenters. The lowest BCUT2D eigenvalue weighted by Gasteiger charge is -2.26. The van der Waals surface area contributed by atoms with Crippen LogP contribution in [0.15, 0.2) is 12.3 Å². The van der Waals surface area contributed by atoms with Crippen LogP contribution < -0.4 is 5.73 Å². The van der Waals surface area contributed by atoms with Crippen LogP contribution >= 0.6 is 0 Å². The molecule has 118 valence electrons. The molecular formula is C16H26N2O3. The summed E-state index contributed by atoms with van der Waals surface area (Å²) in [4.78, 5) is 12.5. The zero-order valence-electron chi connectivity index (χ0n) is 13.6. The SMILES string of the molecule is CCCn1cc(N)cc1C(=O)OC1CC(C)(C)OC1(C)C. The first-order chi connectivity index (χ1) is 9.64. The van der Waals surface area contributed by atoms with Crippen LogP contribution in [0.5, 0.6) is 0 Å². The number of nitrogen functional groups attached to an aromatic ring is 1. The van der Waals surface area contributed by atoms with E-state index in [9.17, 15) is 4.79 Å². The summed E-state index contributed by atoms with van der Waals surface area (Å²) >= 11 is 0. The Hall–Kier alpha value is -1.49. The van der Waals surface area contributed by atoms with Crippen LogP contribution in [0.4, 0.5) is 5.69 Å². The van der Waals surface area contributed by atoms with Crippen molar-refractivity contribution in [2.24, 2.45) is 0 Å². The summed E-state index contributed by atoms with van der Waals surface area (Å²) < 4.78 is 13.5. The first kappa shape index (κ1) is 15.9. The molecule has 0 radical (unpaired) electrons. The third kappa shape index (κ3) is 3.40. The average molecular weight is 294 g/mol. The molecule has 0 aromatic carbocycles. The lowest BCUT2D eigenvalue weighted by molar-refractivity contribution is -0.0926. The molecule has 1 fully saturated rings. The Labute approximate surface area is 126 Å². The summed E-state index contributed by atoms with van der Waals surface area (Å²) in [7, 11) is 0. The molecule has 0 amide bonds. The molecule has 1 aromatic heterocycles. The second-order valence-corrected chi connectivity index (χ2v) is 6.92. The number of carbonyl (C=O) groups is 1. The van der Waals surface area contributed by atoms with Crippen molar-refractivity contribution in [1.29, 1.82) is 0 Å². The maximum atomic E-state index is 12.5. The van der Waals surface area contributed by atoms with E-state index >= 15 is 0 Å². The Morgan fingerprint density at radius 2 is 2.14 bits per heavy atom. The number of ether oxygens (including phenoxy) is 2. The molecule has 1 saturated heterocycles. The topological polar surface area (TPSA) is 66.5 Å². The van der Waals surface area contributed by atoms with Crippen molar-refractivity contribution in [2.75, 3.05) is 5.73 Å². The molecule has 1 aliphatic rings. The molecule has 5 heteroatoms. The molecule has 0 saturated carbocycles. The monoisotopic (exact) mass is 294 g/mol. The van der Waals surface area contributed by atoms with Gasteiger partial charge in [-0.1, -0.05) is 6.92 Å². The van der Waals surface area contributed by atoms with Gasteiger partial charge in [0.2, 0.25) is 0 Å². The fourth-order valence-corrected chi connectivity index (χ4v) is 3.01. The van der Waals surface area contributed by atoms with E-state index in [1.807, 2.05) is 32.3 Å². The van der Waals surface area contributed by atoms with Crippen molar-refractivity contribution in [2.45, 2.75) is 71.3 Å². The number of nitrogens with zero attached hydrogens (tertiary/aromatic N) is 1. The van der Waals surface area contributed by atoms with Gasteiger partial charge in [0.25, 0.3) is 0 Å². The van der Waals surface area contributed by atoms with Crippen LogP contribution in [0.25, 0.3) is 0 Å². The second-order valence-electron chi connectivity index (χ2n) is 6.92. The van der Waals surface area contributed by atoms with Gasteiger partial charge in [-0.25, -0.2) is 4.79 Å². The number of hydrogen-bond donors (Lipinski definition) is 1. The number of rotatable bonds is 4. The maximum absolute atomic E-state index is 12.5. The third-order valence-electron chi connectivity index (χ3n) is 3.83. The quantitative estimate of drug-likeness (QED) is 0.867. The van der Waals surface area contributed by atoms with Gasteiger partial charge in [0.15, 0.2) is 0 Å². The van der Waals surface area contributed by atoms with E-state index in [-0.39, 0.29) is 17.7 Å². The van der Waals surface area contributed by atoms with Crippen molar-refractivity contribution in [3.63, 3.8) is 0 Å². The molecule has 2 heterocycles. The third-order valence-corrected chi connectivity index (χ3v) is 3.83. The Bertz CT molecular complexity index is 532. The number of carbonyl (C=O) groups excluding carboxylic acids is 1. The standard InChI is InChI=1S/C16H26N2O3/c1-6-7-18-10-11(17)8-12(18)14(19)20-13-9-15(2,3)21-16(13,4)5/h8,10,13H,6-7,9,17H2,1-5H3. The van der Waals surface area contributed by atoms with Crippen LogP contribution in [-0.4, -0.2) is 27.8 Å². The smallest absolute Gasteiger partial charge is 0.355 e. The minimum atomic E-state index is -0.479. The van der Waals surface area contributed by atoms with Crippen molar-refractivity contribution >= 4 is 11.7 Å². The zero-order chi connectivity index (χ0) is 15.8. The summed E-state index contributed by atoms with van der Waals surface area (Å²) in [5.74, 6) is -0.334. The van der Waals surface area contributed by atoms with Crippen LogP contribution in [0.1, 0.15) is 57.9 Å². The number of aryl methyl sites for hydroxylation is 1. The van der Waals surface area contributed by atoms with Crippen molar-refractivity contribution in [3.05, 3.63) is 18.0 Å². The first-order valence-electron chi connectivity index (χ1n) is 7.51. The van der Waals surface area contributed by atoms with Gasteiger partial charge in [0.05, 0.1) is 11.3 Å². The molecule has 2 rings (SSSR count). The van der Waals surface area contributed by atoms with Gasteiger partial charge in [-0.2, -0.15) is 0 Å². The number of nitrogens with two attached hydrogens (primary N) is 1. The molecule has 0 bridgehead atoms. The van der Waals surface area contributed by atoms with E-state index in [1.54, 1.807) is 12.3 Å². The normalized spacial score (nSPS) is 23.2. The highest BCUT2D eigenvalue weighted by Gasteiger charge is 2.48. The van der Waals surface area contributed by atoms with E-state index in [1.165, 1.54) is 0 Å². The molecule has 5 nitrogen and oxygen atoms in total. The van der Waals surface area contributed by atoms with Crippen LogP contribution in [0.2, 0.25) is 0 Å². The Balaban J connectivity index is 2.15. The predicted molar refractivity (Wildman–Crippen MR) is 82.2 cm³/mol. The highest BCUT2D eigenvalue weighted by atomic mass is 16.6. The highest BCUT2D eigenvalue weighted by molar-refractivity contribution is 5.89. The van der Waals surface area contributed by atoms with Gasteiger partial charge in [-0.15, -0.1) is 0 Å². The van der Waals surface area contributed by atoms with Crippen molar-refractivity contribution in [1.82, 2.24) is 4.57 Å². The minimum absolute atomic E-state index is 0.258.